The van der Waals surface area contributed by atoms with E-state index in [0.29, 0.717) is 12.8 Å². The molecule has 0 bridgehead atoms. The third-order valence-corrected chi connectivity index (χ3v) is 3.28. The van der Waals surface area contributed by atoms with Crippen molar-refractivity contribution in [2.75, 3.05) is 0 Å². The smallest absolute Gasteiger partial charge is 0.326 e. The zero-order valence-electron chi connectivity index (χ0n) is 13.9. The van der Waals surface area contributed by atoms with Gasteiger partial charge in [-0.1, -0.05) is 33.6 Å². The van der Waals surface area contributed by atoms with E-state index in [1.165, 1.54) is 6.92 Å². The number of carbonyl (C=O) groups is 3. The zero-order valence-corrected chi connectivity index (χ0v) is 13.9. The molecule has 7 nitrogen and oxygen atoms in total. The highest BCUT2D eigenvalue weighted by Gasteiger charge is 2.25. The lowest BCUT2D eigenvalue weighted by Gasteiger charge is -2.21. The number of carbonyl (C=O) groups excluding carboxylic acids is 2. The van der Waals surface area contributed by atoms with Crippen LogP contribution in [0.25, 0.3) is 0 Å². The van der Waals surface area contributed by atoms with Crippen molar-refractivity contribution in [1.82, 2.24) is 10.6 Å². The highest BCUT2D eigenvalue weighted by Crippen LogP contribution is 2.05. The molecule has 128 valence electrons. The van der Waals surface area contributed by atoms with Crippen LogP contribution >= 0.6 is 0 Å². The number of unbranched alkanes of at least 4 members (excludes halogenated alkanes) is 1. The van der Waals surface area contributed by atoms with Gasteiger partial charge in [0.1, 0.15) is 12.1 Å². The SMILES string of the molecule is CCCC[C@H](N)C(=O)N[C@@H](C)C(=O)N[C@@H](CC(C)C)C(=O)O. The fourth-order valence-electron chi connectivity index (χ4n) is 1.93. The maximum absolute atomic E-state index is 12.0. The second-order valence-corrected chi connectivity index (χ2v) is 6.01. The van der Waals surface area contributed by atoms with Crippen molar-refractivity contribution in [2.45, 2.75) is 71.5 Å². The second-order valence-electron chi connectivity index (χ2n) is 6.01. The van der Waals surface area contributed by atoms with Gasteiger partial charge in [-0.25, -0.2) is 4.79 Å². The van der Waals surface area contributed by atoms with Gasteiger partial charge in [-0.05, 0) is 25.7 Å². The van der Waals surface area contributed by atoms with Crippen LogP contribution < -0.4 is 16.4 Å². The van der Waals surface area contributed by atoms with Crippen LogP contribution in [-0.4, -0.2) is 41.0 Å². The Morgan fingerprint density at radius 3 is 2.14 bits per heavy atom. The van der Waals surface area contributed by atoms with Gasteiger partial charge >= 0.3 is 5.97 Å². The van der Waals surface area contributed by atoms with Crippen molar-refractivity contribution < 1.29 is 19.5 Å². The molecule has 0 heterocycles. The fourth-order valence-corrected chi connectivity index (χ4v) is 1.93. The molecular weight excluding hydrogens is 286 g/mol. The molecule has 0 saturated heterocycles. The van der Waals surface area contributed by atoms with E-state index < -0.39 is 35.9 Å². The topological polar surface area (TPSA) is 122 Å². The van der Waals surface area contributed by atoms with E-state index in [2.05, 4.69) is 10.6 Å². The van der Waals surface area contributed by atoms with Gasteiger partial charge in [0.2, 0.25) is 11.8 Å². The van der Waals surface area contributed by atoms with E-state index in [1.54, 1.807) is 0 Å². The molecule has 0 aliphatic heterocycles. The van der Waals surface area contributed by atoms with Crippen LogP contribution in [0.4, 0.5) is 0 Å². The van der Waals surface area contributed by atoms with Gasteiger partial charge in [0.25, 0.3) is 0 Å². The van der Waals surface area contributed by atoms with E-state index in [1.807, 2.05) is 20.8 Å². The van der Waals surface area contributed by atoms with Gasteiger partial charge in [-0.2, -0.15) is 0 Å². The minimum atomic E-state index is -1.08. The largest absolute Gasteiger partial charge is 0.480 e. The summed E-state index contributed by atoms with van der Waals surface area (Å²) in [7, 11) is 0. The molecule has 0 unspecified atom stereocenters. The fraction of sp³-hybridized carbons (Fsp3) is 0.800. The molecule has 0 spiro atoms. The number of hydrogen-bond acceptors (Lipinski definition) is 4. The summed E-state index contributed by atoms with van der Waals surface area (Å²) in [5.41, 5.74) is 5.73. The lowest BCUT2D eigenvalue weighted by atomic mass is 10.0. The molecule has 0 aromatic carbocycles. The predicted octanol–water partition coefficient (Wildman–Crippen LogP) is 0.624. The molecule has 0 aromatic heterocycles. The molecule has 0 saturated carbocycles. The third-order valence-electron chi connectivity index (χ3n) is 3.28. The second kappa shape index (κ2) is 10.2. The Morgan fingerprint density at radius 2 is 1.68 bits per heavy atom. The Hall–Kier alpha value is -1.63. The first-order valence-corrected chi connectivity index (χ1v) is 7.78. The van der Waals surface area contributed by atoms with E-state index in [-0.39, 0.29) is 5.92 Å². The molecule has 22 heavy (non-hydrogen) atoms. The van der Waals surface area contributed by atoms with E-state index in [9.17, 15) is 14.4 Å². The molecule has 0 aliphatic rings. The summed E-state index contributed by atoms with van der Waals surface area (Å²) in [4.78, 5) is 34.9. The lowest BCUT2D eigenvalue weighted by Crippen LogP contribution is -2.53. The summed E-state index contributed by atoms with van der Waals surface area (Å²) in [5.74, 6) is -1.87. The molecule has 3 atom stereocenters. The number of aliphatic carboxylic acids is 1. The van der Waals surface area contributed by atoms with Crippen LogP contribution in [0.3, 0.4) is 0 Å². The predicted molar refractivity (Wildman–Crippen MR) is 84.1 cm³/mol. The molecule has 0 rings (SSSR count). The molecule has 7 heteroatoms. The summed E-state index contributed by atoms with van der Waals surface area (Å²) >= 11 is 0. The molecule has 0 aromatic rings. The normalized spacial score (nSPS) is 15.0. The third kappa shape index (κ3) is 7.97. The number of nitrogens with two attached hydrogens (primary N) is 1. The average molecular weight is 315 g/mol. The van der Waals surface area contributed by atoms with Gasteiger partial charge in [-0.3, -0.25) is 9.59 Å². The first-order chi connectivity index (χ1) is 10.2. The Labute approximate surface area is 132 Å². The standard InChI is InChI=1S/C15H29N3O4/c1-5-6-7-11(16)14(20)17-10(4)13(19)18-12(15(21)22)8-9(2)3/h9-12H,5-8,16H2,1-4H3,(H,17,20)(H,18,19)(H,21,22)/t10-,11-,12-/m0/s1. The Morgan fingerprint density at radius 1 is 1.09 bits per heavy atom. The van der Waals surface area contributed by atoms with Crippen LogP contribution in [0.15, 0.2) is 0 Å². The van der Waals surface area contributed by atoms with Gasteiger partial charge < -0.3 is 21.5 Å². The molecule has 0 fully saturated rings. The number of carboxylic acids is 1. The maximum Gasteiger partial charge on any atom is 0.326 e. The van der Waals surface area contributed by atoms with Gasteiger partial charge in [0.05, 0.1) is 6.04 Å². The number of amides is 2. The maximum atomic E-state index is 12.0. The van der Waals surface area contributed by atoms with Crippen molar-refractivity contribution in [3.8, 4) is 0 Å². The summed E-state index contributed by atoms with van der Waals surface area (Å²) < 4.78 is 0. The molecule has 0 aliphatic carbocycles. The van der Waals surface area contributed by atoms with Gasteiger partial charge in [0, 0.05) is 0 Å². The van der Waals surface area contributed by atoms with Crippen LogP contribution in [0.1, 0.15) is 53.4 Å². The highest BCUT2D eigenvalue weighted by atomic mass is 16.4. The minimum absolute atomic E-state index is 0.133. The van der Waals surface area contributed by atoms with Gasteiger partial charge in [-0.15, -0.1) is 0 Å². The van der Waals surface area contributed by atoms with Crippen molar-refractivity contribution in [3.63, 3.8) is 0 Å². The summed E-state index contributed by atoms with van der Waals surface area (Å²) in [5, 5.41) is 14.1. The molecule has 2 amide bonds. The van der Waals surface area contributed by atoms with Crippen LogP contribution in [-0.2, 0) is 14.4 Å². The monoisotopic (exact) mass is 315 g/mol. The quantitative estimate of drug-likeness (QED) is 0.471. The van der Waals surface area contributed by atoms with Crippen LogP contribution in [0, 0.1) is 5.92 Å². The number of rotatable bonds is 10. The summed E-state index contributed by atoms with van der Waals surface area (Å²) in [6, 6.07) is -2.43. The Kier molecular flexibility index (Phi) is 9.40. The lowest BCUT2D eigenvalue weighted by molar-refractivity contribution is -0.142. The first kappa shape index (κ1) is 20.4. The van der Waals surface area contributed by atoms with E-state index >= 15 is 0 Å². The number of hydrogen-bond donors (Lipinski definition) is 4. The summed E-state index contributed by atoms with van der Waals surface area (Å²) in [6.07, 6.45) is 2.66. The first-order valence-electron chi connectivity index (χ1n) is 7.78. The minimum Gasteiger partial charge on any atom is -0.480 e. The van der Waals surface area contributed by atoms with E-state index in [0.717, 1.165) is 12.8 Å². The zero-order chi connectivity index (χ0) is 17.3. The van der Waals surface area contributed by atoms with Crippen molar-refractivity contribution in [2.24, 2.45) is 11.7 Å². The molecule has 0 radical (unpaired) electrons. The van der Waals surface area contributed by atoms with Crippen LogP contribution in [0.2, 0.25) is 0 Å². The Bertz CT molecular complexity index is 385. The summed E-state index contributed by atoms with van der Waals surface area (Å²) in [6.45, 7) is 7.26. The van der Waals surface area contributed by atoms with Crippen molar-refractivity contribution in [3.05, 3.63) is 0 Å². The number of nitrogens with one attached hydrogen (secondary N) is 2. The number of carboxylic acid groups (broad SMARTS) is 1. The molecule has 5 N–H and O–H groups in total. The van der Waals surface area contributed by atoms with E-state index in [4.69, 9.17) is 10.8 Å². The van der Waals surface area contributed by atoms with Crippen molar-refractivity contribution in [1.29, 1.82) is 0 Å². The van der Waals surface area contributed by atoms with Crippen molar-refractivity contribution >= 4 is 17.8 Å². The average Bonchev–Trinajstić information content (AvgIpc) is 2.42. The highest BCUT2D eigenvalue weighted by molar-refractivity contribution is 5.91. The van der Waals surface area contributed by atoms with Crippen LogP contribution in [0.5, 0.6) is 0 Å². The Balaban J connectivity index is 4.46. The molecular formula is C15H29N3O4. The van der Waals surface area contributed by atoms with Gasteiger partial charge in [0.15, 0.2) is 0 Å².